The van der Waals surface area contributed by atoms with E-state index < -0.39 is 0 Å². The zero-order chi connectivity index (χ0) is 11.3. The SMILES string of the molecule is CC(C)N(CCCBr)c1ccncc1Br. The lowest BCUT2D eigenvalue weighted by molar-refractivity contribution is 0.672. The molecule has 1 rings (SSSR count). The van der Waals surface area contributed by atoms with Gasteiger partial charge in [-0.1, -0.05) is 15.9 Å². The van der Waals surface area contributed by atoms with Crippen molar-refractivity contribution in [2.75, 3.05) is 16.8 Å². The van der Waals surface area contributed by atoms with Gasteiger partial charge in [-0.15, -0.1) is 0 Å². The molecule has 0 aliphatic heterocycles. The summed E-state index contributed by atoms with van der Waals surface area (Å²) in [7, 11) is 0. The van der Waals surface area contributed by atoms with Crippen molar-refractivity contribution < 1.29 is 0 Å². The zero-order valence-electron chi connectivity index (χ0n) is 9.08. The van der Waals surface area contributed by atoms with Gasteiger partial charge in [-0.3, -0.25) is 4.98 Å². The van der Waals surface area contributed by atoms with Crippen LogP contribution < -0.4 is 4.90 Å². The predicted molar refractivity (Wildman–Crippen MR) is 72.8 cm³/mol. The number of hydrogen-bond acceptors (Lipinski definition) is 2. The highest BCUT2D eigenvalue weighted by atomic mass is 79.9. The molecular weight excluding hydrogens is 320 g/mol. The van der Waals surface area contributed by atoms with Crippen LogP contribution in [-0.2, 0) is 0 Å². The molecule has 0 bridgehead atoms. The Morgan fingerprint density at radius 2 is 2.20 bits per heavy atom. The maximum Gasteiger partial charge on any atom is 0.0592 e. The lowest BCUT2D eigenvalue weighted by Crippen LogP contribution is -2.32. The Morgan fingerprint density at radius 3 is 2.73 bits per heavy atom. The van der Waals surface area contributed by atoms with Gasteiger partial charge in [0.25, 0.3) is 0 Å². The first kappa shape index (κ1) is 13.0. The topological polar surface area (TPSA) is 16.1 Å². The third kappa shape index (κ3) is 3.76. The van der Waals surface area contributed by atoms with Crippen LogP contribution in [-0.4, -0.2) is 22.9 Å². The van der Waals surface area contributed by atoms with E-state index >= 15 is 0 Å². The van der Waals surface area contributed by atoms with Crippen LogP contribution >= 0.6 is 31.9 Å². The van der Waals surface area contributed by atoms with Crippen LogP contribution in [0.15, 0.2) is 22.9 Å². The lowest BCUT2D eigenvalue weighted by Gasteiger charge is -2.29. The molecule has 0 saturated heterocycles. The third-order valence-corrected chi connectivity index (χ3v) is 3.39. The van der Waals surface area contributed by atoms with Gasteiger partial charge in [0.15, 0.2) is 0 Å². The molecule has 0 aliphatic carbocycles. The second kappa shape index (κ2) is 6.48. The Balaban J connectivity index is 2.84. The van der Waals surface area contributed by atoms with Crippen LogP contribution in [0.1, 0.15) is 20.3 Å². The van der Waals surface area contributed by atoms with Crippen LogP contribution in [0.4, 0.5) is 5.69 Å². The van der Waals surface area contributed by atoms with Crippen LogP contribution in [0.3, 0.4) is 0 Å². The Morgan fingerprint density at radius 1 is 1.47 bits per heavy atom. The van der Waals surface area contributed by atoms with Crippen LogP contribution in [0.2, 0.25) is 0 Å². The molecular formula is C11H16Br2N2. The number of aromatic nitrogens is 1. The fourth-order valence-corrected chi connectivity index (χ4v) is 2.22. The molecule has 0 N–H and O–H groups in total. The molecule has 0 saturated carbocycles. The van der Waals surface area contributed by atoms with E-state index in [1.165, 1.54) is 5.69 Å². The minimum atomic E-state index is 0.503. The van der Waals surface area contributed by atoms with Gasteiger partial charge in [0.05, 0.1) is 10.2 Å². The summed E-state index contributed by atoms with van der Waals surface area (Å²) in [4.78, 5) is 6.47. The highest BCUT2D eigenvalue weighted by Gasteiger charge is 2.12. The first-order chi connectivity index (χ1) is 7.16. The number of anilines is 1. The van der Waals surface area contributed by atoms with Crippen molar-refractivity contribution in [2.24, 2.45) is 0 Å². The van der Waals surface area contributed by atoms with Gasteiger partial charge >= 0.3 is 0 Å². The van der Waals surface area contributed by atoms with Gasteiger partial charge < -0.3 is 4.90 Å². The second-order valence-corrected chi connectivity index (χ2v) is 5.30. The lowest BCUT2D eigenvalue weighted by atomic mass is 10.2. The van der Waals surface area contributed by atoms with E-state index in [9.17, 15) is 0 Å². The average molecular weight is 336 g/mol. The normalized spacial score (nSPS) is 10.7. The standard InChI is InChI=1S/C11H16Br2N2/c1-9(2)15(7-3-5-12)11-4-6-14-8-10(11)13/h4,6,8-9H,3,5,7H2,1-2H3. The molecule has 4 heteroatoms. The molecule has 0 radical (unpaired) electrons. The second-order valence-electron chi connectivity index (χ2n) is 3.66. The van der Waals surface area contributed by atoms with Gasteiger partial charge in [0.2, 0.25) is 0 Å². The fraction of sp³-hybridized carbons (Fsp3) is 0.545. The molecule has 0 atom stereocenters. The van der Waals surface area contributed by atoms with Gasteiger partial charge in [-0.05, 0) is 42.3 Å². The summed E-state index contributed by atoms with van der Waals surface area (Å²) < 4.78 is 1.06. The van der Waals surface area contributed by atoms with Crippen molar-refractivity contribution in [3.8, 4) is 0 Å². The van der Waals surface area contributed by atoms with Crippen molar-refractivity contribution in [1.82, 2.24) is 4.98 Å². The molecule has 84 valence electrons. The molecule has 0 aliphatic rings. The summed E-state index contributed by atoms with van der Waals surface area (Å²) in [5, 5.41) is 1.04. The number of alkyl halides is 1. The van der Waals surface area contributed by atoms with Crippen molar-refractivity contribution in [3.63, 3.8) is 0 Å². The minimum Gasteiger partial charge on any atom is -0.368 e. The maximum atomic E-state index is 4.08. The molecule has 0 spiro atoms. The third-order valence-electron chi connectivity index (χ3n) is 2.22. The van der Waals surface area contributed by atoms with E-state index in [1.807, 2.05) is 12.4 Å². The van der Waals surface area contributed by atoms with Crippen LogP contribution in [0.25, 0.3) is 0 Å². The van der Waals surface area contributed by atoms with Gasteiger partial charge in [0, 0.05) is 30.3 Å². The monoisotopic (exact) mass is 334 g/mol. The fourth-order valence-electron chi connectivity index (χ4n) is 1.49. The first-order valence-electron chi connectivity index (χ1n) is 5.09. The van der Waals surface area contributed by atoms with Crippen molar-refractivity contribution >= 4 is 37.5 Å². The Bertz CT molecular complexity index is 302. The molecule has 1 aromatic heterocycles. The van der Waals surface area contributed by atoms with Crippen molar-refractivity contribution in [1.29, 1.82) is 0 Å². The zero-order valence-corrected chi connectivity index (χ0v) is 12.3. The molecule has 2 nitrogen and oxygen atoms in total. The van der Waals surface area contributed by atoms with Gasteiger partial charge in [-0.2, -0.15) is 0 Å². The summed E-state index contributed by atoms with van der Waals surface area (Å²) in [6.45, 7) is 5.48. The van der Waals surface area contributed by atoms with E-state index in [0.717, 1.165) is 22.8 Å². The highest BCUT2D eigenvalue weighted by molar-refractivity contribution is 9.10. The summed E-state index contributed by atoms with van der Waals surface area (Å²) in [6, 6.07) is 2.56. The number of pyridine rings is 1. The summed E-state index contributed by atoms with van der Waals surface area (Å²) >= 11 is 7.01. The Hall–Kier alpha value is -0.0900. The van der Waals surface area contributed by atoms with E-state index in [4.69, 9.17) is 0 Å². The first-order valence-corrected chi connectivity index (χ1v) is 7.00. The molecule has 0 amide bonds. The van der Waals surface area contributed by atoms with Crippen LogP contribution in [0.5, 0.6) is 0 Å². The Labute approximate surface area is 108 Å². The van der Waals surface area contributed by atoms with Crippen molar-refractivity contribution in [3.05, 3.63) is 22.9 Å². The van der Waals surface area contributed by atoms with Gasteiger partial charge in [-0.25, -0.2) is 0 Å². The Kier molecular flexibility index (Phi) is 5.61. The maximum absolute atomic E-state index is 4.08. The largest absolute Gasteiger partial charge is 0.368 e. The summed E-state index contributed by atoms with van der Waals surface area (Å²) in [5.41, 5.74) is 1.22. The molecule has 1 heterocycles. The quantitative estimate of drug-likeness (QED) is 0.760. The molecule has 1 aromatic rings. The molecule has 0 unspecified atom stereocenters. The number of nitrogens with zero attached hydrogens (tertiary/aromatic N) is 2. The minimum absolute atomic E-state index is 0.503. The summed E-state index contributed by atoms with van der Waals surface area (Å²) in [5.74, 6) is 0. The van der Waals surface area contributed by atoms with E-state index in [0.29, 0.717) is 6.04 Å². The molecule has 0 fully saturated rings. The van der Waals surface area contributed by atoms with Gasteiger partial charge in [0.1, 0.15) is 0 Å². The number of rotatable bonds is 5. The highest BCUT2D eigenvalue weighted by Crippen LogP contribution is 2.26. The summed E-state index contributed by atoms with van der Waals surface area (Å²) in [6.07, 6.45) is 4.83. The van der Waals surface area contributed by atoms with E-state index in [2.05, 4.69) is 61.7 Å². The molecule has 15 heavy (non-hydrogen) atoms. The number of hydrogen-bond donors (Lipinski definition) is 0. The van der Waals surface area contributed by atoms with Crippen LogP contribution in [0, 0.1) is 0 Å². The van der Waals surface area contributed by atoms with E-state index in [1.54, 1.807) is 0 Å². The number of halogens is 2. The van der Waals surface area contributed by atoms with E-state index in [-0.39, 0.29) is 0 Å². The predicted octanol–water partition coefficient (Wildman–Crippen LogP) is 3.84. The smallest absolute Gasteiger partial charge is 0.0592 e. The van der Waals surface area contributed by atoms with Crippen molar-refractivity contribution in [2.45, 2.75) is 26.3 Å². The molecule has 0 aromatic carbocycles. The average Bonchev–Trinajstić information content (AvgIpc) is 2.20.